The van der Waals surface area contributed by atoms with Gasteiger partial charge < -0.3 is 11.1 Å². The van der Waals surface area contributed by atoms with Gasteiger partial charge in [0.15, 0.2) is 9.84 Å². The van der Waals surface area contributed by atoms with Crippen molar-refractivity contribution in [3.8, 4) is 16.9 Å². The van der Waals surface area contributed by atoms with E-state index in [1.165, 1.54) is 23.0 Å². The summed E-state index contributed by atoms with van der Waals surface area (Å²) in [5, 5.41) is 6.47. The zero-order chi connectivity index (χ0) is 23.3. The Morgan fingerprint density at radius 2 is 1.84 bits per heavy atom. The quantitative estimate of drug-likeness (QED) is 0.570. The van der Waals surface area contributed by atoms with Crippen LogP contribution < -0.4 is 11.1 Å². The van der Waals surface area contributed by atoms with Crippen molar-refractivity contribution in [3.05, 3.63) is 41.7 Å². The number of halogens is 3. The molecule has 0 amide bonds. The van der Waals surface area contributed by atoms with Crippen LogP contribution in [0.15, 0.2) is 35.4 Å². The monoisotopic (exact) mass is 466 g/mol. The Hall–Kier alpha value is -3.15. The molecule has 3 N–H and O–H groups in total. The predicted molar refractivity (Wildman–Crippen MR) is 113 cm³/mol. The number of anilines is 2. The largest absolute Gasteiger partial charge is 0.422 e. The number of rotatable bonds is 6. The van der Waals surface area contributed by atoms with E-state index in [1.807, 2.05) is 0 Å². The van der Waals surface area contributed by atoms with Crippen LogP contribution in [-0.4, -0.2) is 40.0 Å². The molecule has 2 heterocycles. The topological polar surface area (TPSA) is 116 Å². The summed E-state index contributed by atoms with van der Waals surface area (Å²) in [5.74, 6) is -0.699. The fourth-order valence-electron chi connectivity index (χ4n) is 3.49. The summed E-state index contributed by atoms with van der Waals surface area (Å²) < 4.78 is 67.9. The van der Waals surface area contributed by atoms with Crippen molar-refractivity contribution in [1.29, 1.82) is 0 Å². The van der Waals surface area contributed by atoms with Gasteiger partial charge in [-0.15, -0.1) is 0 Å². The fraction of sp³-hybridized carbons (Fsp3) is 0.350. The summed E-state index contributed by atoms with van der Waals surface area (Å²) in [5.41, 5.74) is 5.31. The highest BCUT2D eigenvalue weighted by Crippen LogP contribution is 2.41. The molecule has 1 fully saturated rings. The van der Waals surface area contributed by atoms with Gasteiger partial charge in [-0.2, -0.15) is 23.3 Å². The smallest absolute Gasteiger partial charge is 0.370 e. The lowest BCUT2D eigenvalue weighted by Gasteiger charge is -2.17. The minimum atomic E-state index is -4.73. The van der Waals surface area contributed by atoms with Crippen LogP contribution in [0.1, 0.15) is 31.0 Å². The number of alkyl halides is 3. The Kier molecular flexibility index (Phi) is 5.35. The molecule has 0 radical (unpaired) electrons. The third-order valence-corrected chi connectivity index (χ3v) is 7.47. The molecule has 1 aliphatic carbocycles. The van der Waals surface area contributed by atoms with Gasteiger partial charge in [-0.1, -0.05) is 0 Å². The van der Waals surface area contributed by atoms with E-state index in [-0.39, 0.29) is 33.9 Å². The number of benzene rings is 1. The van der Waals surface area contributed by atoms with Crippen molar-refractivity contribution >= 4 is 21.6 Å². The second-order valence-corrected chi connectivity index (χ2v) is 9.70. The molecule has 0 unspecified atom stereocenters. The van der Waals surface area contributed by atoms with Gasteiger partial charge in [-0.25, -0.2) is 18.1 Å². The first-order valence-corrected chi connectivity index (χ1v) is 11.5. The van der Waals surface area contributed by atoms with Crippen LogP contribution >= 0.6 is 0 Å². The zero-order valence-electron chi connectivity index (χ0n) is 17.3. The number of sulfone groups is 1. The average molecular weight is 466 g/mol. The molecule has 0 aliphatic heterocycles. The number of nitrogen functional groups attached to an aromatic ring is 1. The second kappa shape index (κ2) is 7.76. The SMILES string of the molecule is CCNc1nc(N)nc(-c2cnn(-c3ccc(S(=O)(=O)C4CC4)cc3)c2C)c1C(F)(F)F. The molecule has 0 saturated heterocycles. The molecule has 1 aromatic carbocycles. The van der Waals surface area contributed by atoms with E-state index < -0.39 is 27.4 Å². The van der Waals surface area contributed by atoms with Crippen LogP contribution in [0, 0.1) is 6.92 Å². The van der Waals surface area contributed by atoms with Gasteiger partial charge in [0, 0.05) is 12.1 Å². The second-order valence-electron chi connectivity index (χ2n) is 7.48. The Balaban J connectivity index is 1.79. The predicted octanol–water partition coefficient (Wildman–Crippen LogP) is 3.61. The molecule has 1 aliphatic rings. The van der Waals surface area contributed by atoms with Crippen molar-refractivity contribution < 1.29 is 21.6 Å². The number of nitrogens with one attached hydrogen (secondary N) is 1. The normalized spacial score (nSPS) is 14.5. The lowest BCUT2D eigenvalue weighted by atomic mass is 10.1. The van der Waals surface area contributed by atoms with E-state index in [0.717, 1.165) is 0 Å². The molecule has 3 aromatic rings. The Bertz CT molecular complexity index is 1270. The number of aromatic nitrogens is 4. The van der Waals surface area contributed by atoms with Crippen molar-refractivity contribution in [3.63, 3.8) is 0 Å². The Labute approximate surface area is 182 Å². The molecule has 4 rings (SSSR count). The van der Waals surface area contributed by atoms with Gasteiger partial charge in [0.25, 0.3) is 0 Å². The fourth-order valence-corrected chi connectivity index (χ4v) is 5.14. The first kappa shape index (κ1) is 22.1. The summed E-state index contributed by atoms with van der Waals surface area (Å²) in [7, 11) is -3.34. The summed E-state index contributed by atoms with van der Waals surface area (Å²) in [6, 6.07) is 6.11. The van der Waals surface area contributed by atoms with Crippen molar-refractivity contribution in [2.75, 3.05) is 17.6 Å². The molecule has 0 spiro atoms. The standard InChI is InChI=1S/C20H21F3N6O2S/c1-3-25-18-16(20(21,22)23)17(27-19(24)28-18)15-10-26-29(11(15)2)12-4-6-13(7-5-12)32(30,31)14-8-9-14/h4-7,10,14H,3,8-9H2,1-2H3,(H3,24,25,27,28). The van der Waals surface area contributed by atoms with Crippen LogP contribution in [-0.2, 0) is 16.0 Å². The molecular formula is C20H21F3N6O2S. The maximum Gasteiger partial charge on any atom is 0.422 e. The highest BCUT2D eigenvalue weighted by atomic mass is 32.2. The van der Waals surface area contributed by atoms with Gasteiger partial charge >= 0.3 is 6.18 Å². The summed E-state index contributed by atoms with van der Waals surface area (Å²) in [6.45, 7) is 3.46. The van der Waals surface area contributed by atoms with Crippen molar-refractivity contribution in [1.82, 2.24) is 19.7 Å². The highest BCUT2D eigenvalue weighted by Gasteiger charge is 2.40. The Morgan fingerprint density at radius 1 is 1.19 bits per heavy atom. The highest BCUT2D eigenvalue weighted by molar-refractivity contribution is 7.92. The summed E-state index contributed by atoms with van der Waals surface area (Å²) >= 11 is 0. The van der Waals surface area contributed by atoms with Gasteiger partial charge in [-0.3, -0.25) is 0 Å². The van der Waals surface area contributed by atoms with E-state index in [0.29, 0.717) is 24.2 Å². The molecule has 0 atom stereocenters. The van der Waals surface area contributed by atoms with Crippen LogP contribution in [0.4, 0.5) is 24.9 Å². The number of nitrogens with two attached hydrogens (primary N) is 1. The van der Waals surface area contributed by atoms with Gasteiger partial charge in [0.2, 0.25) is 5.95 Å². The lowest BCUT2D eigenvalue weighted by molar-refractivity contribution is -0.136. The third-order valence-electron chi connectivity index (χ3n) is 5.19. The van der Waals surface area contributed by atoms with Gasteiger partial charge in [-0.05, 0) is 51.0 Å². The van der Waals surface area contributed by atoms with Crippen LogP contribution in [0.25, 0.3) is 16.9 Å². The minimum absolute atomic E-state index is 0.139. The number of hydrogen-bond acceptors (Lipinski definition) is 7. The van der Waals surface area contributed by atoms with E-state index in [4.69, 9.17) is 5.73 Å². The van der Waals surface area contributed by atoms with Crippen LogP contribution in [0.3, 0.4) is 0 Å². The van der Waals surface area contributed by atoms with Crippen LogP contribution in [0.2, 0.25) is 0 Å². The molecule has 8 nitrogen and oxygen atoms in total. The molecular weight excluding hydrogens is 445 g/mol. The summed E-state index contributed by atoms with van der Waals surface area (Å²) in [4.78, 5) is 7.80. The minimum Gasteiger partial charge on any atom is -0.370 e. The zero-order valence-corrected chi connectivity index (χ0v) is 18.1. The van der Waals surface area contributed by atoms with Gasteiger partial charge in [0.1, 0.15) is 11.4 Å². The Morgan fingerprint density at radius 3 is 2.41 bits per heavy atom. The van der Waals surface area contributed by atoms with E-state index in [1.54, 1.807) is 26.0 Å². The summed E-state index contributed by atoms with van der Waals surface area (Å²) in [6.07, 6.45) is -2.14. The van der Waals surface area contributed by atoms with Crippen LogP contribution in [0.5, 0.6) is 0 Å². The van der Waals surface area contributed by atoms with E-state index >= 15 is 0 Å². The molecule has 170 valence electrons. The number of nitrogens with zero attached hydrogens (tertiary/aromatic N) is 4. The molecule has 2 aromatic heterocycles. The average Bonchev–Trinajstić information content (AvgIpc) is 3.50. The maximum absolute atomic E-state index is 13.9. The first-order valence-electron chi connectivity index (χ1n) is 9.92. The molecule has 0 bridgehead atoms. The first-order chi connectivity index (χ1) is 15.0. The van der Waals surface area contributed by atoms with E-state index in [2.05, 4.69) is 20.4 Å². The molecule has 1 saturated carbocycles. The van der Waals surface area contributed by atoms with Crippen molar-refractivity contribution in [2.45, 2.75) is 43.0 Å². The number of hydrogen-bond donors (Lipinski definition) is 2. The molecule has 12 heteroatoms. The maximum atomic E-state index is 13.9. The lowest BCUT2D eigenvalue weighted by Crippen LogP contribution is -2.17. The third kappa shape index (κ3) is 3.90. The van der Waals surface area contributed by atoms with Crippen molar-refractivity contribution in [2.24, 2.45) is 0 Å². The van der Waals surface area contributed by atoms with Gasteiger partial charge in [0.05, 0.1) is 33.4 Å². The van der Waals surface area contributed by atoms with E-state index in [9.17, 15) is 21.6 Å². The molecule has 32 heavy (non-hydrogen) atoms.